The minimum absolute atomic E-state index is 0.0227. The van der Waals surface area contributed by atoms with Crippen molar-refractivity contribution in [2.24, 2.45) is 5.73 Å². The zero-order valence-electron chi connectivity index (χ0n) is 21.3. The second-order valence-corrected chi connectivity index (χ2v) is 9.49. The number of para-hydroxylation sites is 1. The van der Waals surface area contributed by atoms with Crippen molar-refractivity contribution >= 4 is 5.78 Å². The van der Waals surface area contributed by atoms with Crippen LogP contribution in [0.15, 0.2) is 54.6 Å². The first-order valence-corrected chi connectivity index (χ1v) is 13.8. The van der Waals surface area contributed by atoms with Crippen molar-refractivity contribution in [2.75, 3.05) is 13.2 Å². The van der Waals surface area contributed by atoms with Crippen molar-refractivity contribution in [3.05, 3.63) is 65.7 Å². The van der Waals surface area contributed by atoms with Crippen molar-refractivity contribution in [1.29, 1.82) is 0 Å². The number of carbonyl (C=O) groups excluding carboxylic acids is 1. The maximum absolute atomic E-state index is 12.8. The van der Waals surface area contributed by atoms with Gasteiger partial charge >= 0.3 is 0 Å². The lowest BCUT2D eigenvalue weighted by molar-refractivity contribution is 0.103. The van der Waals surface area contributed by atoms with Crippen molar-refractivity contribution < 1.29 is 9.53 Å². The summed E-state index contributed by atoms with van der Waals surface area (Å²) in [4.78, 5) is 12.8. The molecule has 2 rings (SSSR count). The van der Waals surface area contributed by atoms with E-state index in [2.05, 4.69) is 0 Å². The van der Waals surface area contributed by atoms with Gasteiger partial charge in [-0.3, -0.25) is 4.79 Å². The molecule has 2 aromatic rings. The number of ketones is 1. The fraction of sp³-hybridized carbons (Fsp3) is 0.581. The van der Waals surface area contributed by atoms with Crippen molar-refractivity contribution in [3.8, 4) is 5.75 Å². The van der Waals surface area contributed by atoms with Gasteiger partial charge in [0, 0.05) is 5.56 Å². The van der Waals surface area contributed by atoms with Crippen LogP contribution in [0.4, 0.5) is 0 Å². The first-order chi connectivity index (χ1) is 16.8. The van der Waals surface area contributed by atoms with Gasteiger partial charge in [-0.15, -0.1) is 0 Å². The summed E-state index contributed by atoms with van der Waals surface area (Å²) in [6, 6.07) is 17.0. The Hall–Kier alpha value is -2.13. The summed E-state index contributed by atoms with van der Waals surface area (Å²) in [5.41, 5.74) is 6.88. The monoisotopic (exact) mass is 465 g/mol. The number of nitrogens with two attached hydrogens (primary N) is 1. The van der Waals surface area contributed by atoms with Crippen LogP contribution in [0.3, 0.4) is 0 Å². The van der Waals surface area contributed by atoms with Crippen LogP contribution < -0.4 is 10.5 Å². The van der Waals surface area contributed by atoms with E-state index in [0.717, 1.165) is 13.0 Å². The molecule has 0 bridgehead atoms. The third-order valence-corrected chi connectivity index (χ3v) is 6.52. The quantitative estimate of drug-likeness (QED) is 0.148. The van der Waals surface area contributed by atoms with Gasteiger partial charge in [0.25, 0.3) is 0 Å². The number of hydrogen-bond acceptors (Lipinski definition) is 3. The molecule has 0 radical (unpaired) electrons. The summed E-state index contributed by atoms with van der Waals surface area (Å²) >= 11 is 0. The molecule has 2 aromatic carbocycles. The van der Waals surface area contributed by atoms with E-state index < -0.39 is 0 Å². The van der Waals surface area contributed by atoms with Gasteiger partial charge in [-0.2, -0.15) is 0 Å². The summed E-state index contributed by atoms with van der Waals surface area (Å²) in [5, 5.41) is 0. The Bertz CT molecular complexity index is 759. The van der Waals surface area contributed by atoms with E-state index in [1.54, 1.807) is 0 Å². The molecule has 34 heavy (non-hydrogen) atoms. The molecule has 3 heteroatoms. The van der Waals surface area contributed by atoms with Crippen LogP contribution in [0.1, 0.15) is 119 Å². The summed E-state index contributed by atoms with van der Waals surface area (Å²) < 4.78 is 5.98. The van der Waals surface area contributed by atoms with Gasteiger partial charge in [0.15, 0.2) is 5.78 Å². The normalized spacial score (nSPS) is 11.0. The molecule has 0 spiro atoms. The molecule has 0 aliphatic rings. The van der Waals surface area contributed by atoms with Crippen LogP contribution >= 0.6 is 0 Å². The number of rotatable bonds is 21. The van der Waals surface area contributed by atoms with Gasteiger partial charge < -0.3 is 10.5 Å². The predicted molar refractivity (Wildman–Crippen MR) is 145 cm³/mol. The molecule has 0 atom stereocenters. The summed E-state index contributed by atoms with van der Waals surface area (Å²) in [7, 11) is 0. The van der Waals surface area contributed by atoms with Gasteiger partial charge in [0.1, 0.15) is 5.75 Å². The minimum atomic E-state index is 0.0227. The Kier molecular flexibility index (Phi) is 15.9. The van der Waals surface area contributed by atoms with Gasteiger partial charge in [-0.1, -0.05) is 132 Å². The largest absolute Gasteiger partial charge is 0.493 e. The number of carbonyl (C=O) groups is 1. The van der Waals surface area contributed by atoms with Crippen LogP contribution in [-0.2, 0) is 0 Å². The Morgan fingerprint density at radius 2 is 1.00 bits per heavy atom. The molecule has 0 amide bonds. The second kappa shape index (κ2) is 19.2. The van der Waals surface area contributed by atoms with Crippen LogP contribution in [-0.4, -0.2) is 18.9 Å². The Balaban J connectivity index is 1.43. The molecule has 0 fully saturated rings. The molecular formula is C31H47NO2. The molecule has 0 saturated heterocycles. The van der Waals surface area contributed by atoms with Crippen LogP contribution in [0.2, 0.25) is 0 Å². The molecule has 0 heterocycles. The van der Waals surface area contributed by atoms with E-state index in [1.165, 1.54) is 96.3 Å². The van der Waals surface area contributed by atoms with Gasteiger partial charge in [0.2, 0.25) is 0 Å². The average Bonchev–Trinajstić information content (AvgIpc) is 2.88. The SMILES string of the molecule is NCCCCCCCCCCCCCCCCCCOc1ccccc1C(=O)c1ccccc1. The smallest absolute Gasteiger partial charge is 0.196 e. The third kappa shape index (κ3) is 12.4. The lowest BCUT2D eigenvalue weighted by atomic mass is 10.0. The molecule has 3 nitrogen and oxygen atoms in total. The fourth-order valence-corrected chi connectivity index (χ4v) is 4.43. The lowest BCUT2D eigenvalue weighted by Crippen LogP contribution is -2.06. The van der Waals surface area contributed by atoms with Crippen molar-refractivity contribution in [3.63, 3.8) is 0 Å². The first-order valence-electron chi connectivity index (χ1n) is 13.8. The number of benzene rings is 2. The maximum atomic E-state index is 12.8. The second-order valence-electron chi connectivity index (χ2n) is 9.49. The van der Waals surface area contributed by atoms with E-state index in [1.807, 2.05) is 54.6 Å². The number of ether oxygens (including phenoxy) is 1. The van der Waals surface area contributed by atoms with E-state index >= 15 is 0 Å². The molecule has 0 aromatic heterocycles. The van der Waals surface area contributed by atoms with E-state index in [9.17, 15) is 4.79 Å². The van der Waals surface area contributed by atoms with Crippen LogP contribution in [0.25, 0.3) is 0 Å². The van der Waals surface area contributed by atoms with E-state index in [4.69, 9.17) is 10.5 Å². The van der Waals surface area contributed by atoms with Gasteiger partial charge in [0.05, 0.1) is 12.2 Å². The topological polar surface area (TPSA) is 52.3 Å². The molecule has 188 valence electrons. The average molecular weight is 466 g/mol. The highest BCUT2D eigenvalue weighted by atomic mass is 16.5. The Morgan fingerprint density at radius 3 is 1.53 bits per heavy atom. The Labute approximate surface area is 208 Å². The molecule has 0 saturated carbocycles. The van der Waals surface area contributed by atoms with Crippen molar-refractivity contribution in [2.45, 2.75) is 103 Å². The number of unbranched alkanes of at least 4 members (excludes halogenated alkanes) is 15. The highest BCUT2D eigenvalue weighted by Crippen LogP contribution is 2.22. The molecule has 0 aliphatic heterocycles. The first kappa shape index (κ1) is 28.1. The zero-order valence-corrected chi connectivity index (χ0v) is 21.3. The summed E-state index contributed by atoms with van der Waals surface area (Å²) in [5.74, 6) is 0.720. The summed E-state index contributed by atoms with van der Waals surface area (Å²) in [6.45, 7) is 1.52. The Morgan fingerprint density at radius 1 is 0.559 bits per heavy atom. The van der Waals surface area contributed by atoms with Gasteiger partial charge in [-0.25, -0.2) is 0 Å². The third-order valence-electron chi connectivity index (χ3n) is 6.52. The molecule has 2 N–H and O–H groups in total. The molecular weight excluding hydrogens is 418 g/mol. The highest BCUT2D eigenvalue weighted by Gasteiger charge is 2.13. The van der Waals surface area contributed by atoms with Crippen molar-refractivity contribution in [1.82, 2.24) is 0 Å². The summed E-state index contributed by atoms with van der Waals surface area (Å²) in [6.07, 6.45) is 21.3. The number of hydrogen-bond donors (Lipinski definition) is 1. The van der Waals surface area contributed by atoms with Crippen LogP contribution in [0, 0.1) is 0 Å². The minimum Gasteiger partial charge on any atom is -0.493 e. The van der Waals surface area contributed by atoms with Crippen LogP contribution in [0.5, 0.6) is 5.75 Å². The van der Waals surface area contributed by atoms with E-state index in [-0.39, 0.29) is 5.78 Å². The fourth-order valence-electron chi connectivity index (χ4n) is 4.43. The molecule has 0 unspecified atom stereocenters. The maximum Gasteiger partial charge on any atom is 0.196 e. The predicted octanol–water partition coefficient (Wildman–Crippen LogP) is 8.50. The molecule has 0 aliphatic carbocycles. The van der Waals surface area contributed by atoms with E-state index in [0.29, 0.717) is 23.5 Å². The van der Waals surface area contributed by atoms with Gasteiger partial charge in [-0.05, 0) is 31.5 Å². The lowest BCUT2D eigenvalue weighted by Gasteiger charge is -2.11. The standard InChI is InChI=1S/C31H47NO2/c32-26-20-13-11-9-7-5-3-1-2-4-6-8-10-12-14-21-27-34-30-25-19-18-24-29(30)31(33)28-22-16-15-17-23-28/h15-19,22-25H,1-14,20-21,26-27,32H2. The zero-order chi connectivity index (χ0) is 24.1. The highest BCUT2D eigenvalue weighted by molar-refractivity contribution is 6.10.